The number of alkyl halides is 6. The predicted octanol–water partition coefficient (Wildman–Crippen LogP) is 6.39. The summed E-state index contributed by atoms with van der Waals surface area (Å²) >= 11 is 0. The van der Waals surface area contributed by atoms with Crippen LogP contribution in [0, 0.1) is 17.8 Å². The second kappa shape index (κ2) is 9.40. The van der Waals surface area contributed by atoms with E-state index in [2.05, 4.69) is 18.2 Å². The predicted molar refractivity (Wildman–Crippen MR) is 102 cm³/mol. The van der Waals surface area contributed by atoms with Gasteiger partial charge in [-0.05, 0) is 42.4 Å². The van der Waals surface area contributed by atoms with E-state index in [1.54, 1.807) is 0 Å². The monoisotopic (exact) mass is 452 g/mol. The van der Waals surface area contributed by atoms with Gasteiger partial charge in [-0.3, -0.25) is 0 Å². The molecular weight excluding hydrogens is 426 g/mol. The highest BCUT2D eigenvalue weighted by Gasteiger charge is 2.65. The van der Waals surface area contributed by atoms with Gasteiger partial charge in [-0.1, -0.05) is 38.5 Å². The van der Waals surface area contributed by atoms with E-state index in [4.69, 9.17) is 9.47 Å². The van der Waals surface area contributed by atoms with Crippen molar-refractivity contribution in [2.45, 2.75) is 57.4 Å². The van der Waals surface area contributed by atoms with Gasteiger partial charge < -0.3 is 14.2 Å². The third-order valence-electron chi connectivity index (χ3n) is 6.06. The van der Waals surface area contributed by atoms with Gasteiger partial charge in [0.1, 0.15) is 5.75 Å². The average Bonchev–Trinajstić information content (AvgIpc) is 2.73. The third-order valence-corrected chi connectivity index (χ3v) is 6.06. The standard InChI is InChI=1S/C22H26F6O3/c1-13-3-5-16(6-4-13)17-11-29-19(30-12-17)14(2)15-7-9-18(10-8-15)31-20(23)21(24,25)22(26,27)28/h7-10,13,16-17,19-20H,2-6,11-12H2,1H3. The van der Waals surface area contributed by atoms with Crippen molar-refractivity contribution in [3.8, 4) is 5.75 Å². The highest BCUT2D eigenvalue weighted by molar-refractivity contribution is 5.66. The van der Waals surface area contributed by atoms with E-state index in [0.717, 1.165) is 30.9 Å². The van der Waals surface area contributed by atoms with Gasteiger partial charge in [-0.25, -0.2) is 0 Å². The zero-order valence-electron chi connectivity index (χ0n) is 17.1. The van der Waals surface area contributed by atoms with Crippen molar-refractivity contribution in [2.75, 3.05) is 13.2 Å². The molecule has 174 valence electrons. The smallest absolute Gasteiger partial charge is 0.454 e. The summed E-state index contributed by atoms with van der Waals surface area (Å²) in [6.07, 6.45) is -5.85. The van der Waals surface area contributed by atoms with Gasteiger partial charge >= 0.3 is 18.5 Å². The van der Waals surface area contributed by atoms with E-state index in [1.165, 1.54) is 25.0 Å². The Kier molecular flexibility index (Phi) is 7.25. The Hall–Kier alpha value is -1.74. The fraction of sp³-hybridized carbons (Fsp3) is 0.636. The first-order valence-corrected chi connectivity index (χ1v) is 10.3. The third kappa shape index (κ3) is 5.55. The molecule has 1 saturated carbocycles. The van der Waals surface area contributed by atoms with Crippen LogP contribution in [0.1, 0.15) is 38.2 Å². The summed E-state index contributed by atoms with van der Waals surface area (Å²) in [5, 5.41) is 0. The van der Waals surface area contributed by atoms with Crippen LogP contribution in [0.2, 0.25) is 0 Å². The number of ether oxygens (including phenoxy) is 3. The van der Waals surface area contributed by atoms with Crippen LogP contribution >= 0.6 is 0 Å². The Labute approximate surface area is 177 Å². The number of hydrogen-bond donors (Lipinski definition) is 0. The SMILES string of the molecule is C=C(c1ccc(OC(F)C(F)(F)C(F)(F)F)cc1)C1OCC(C2CCC(C)CC2)CO1. The molecule has 1 aromatic rings. The molecule has 2 aliphatic rings. The molecule has 1 saturated heterocycles. The molecule has 1 unspecified atom stereocenters. The van der Waals surface area contributed by atoms with Crippen molar-refractivity contribution in [3.05, 3.63) is 36.4 Å². The molecule has 9 heteroatoms. The van der Waals surface area contributed by atoms with Crippen LogP contribution in [0.4, 0.5) is 26.3 Å². The molecule has 0 bridgehead atoms. The maximum absolute atomic E-state index is 13.4. The van der Waals surface area contributed by atoms with Crippen molar-refractivity contribution < 1.29 is 40.6 Å². The summed E-state index contributed by atoms with van der Waals surface area (Å²) < 4.78 is 91.8. The van der Waals surface area contributed by atoms with Crippen LogP contribution in [-0.4, -0.2) is 38.0 Å². The van der Waals surface area contributed by atoms with E-state index >= 15 is 0 Å². The molecule has 1 aliphatic heterocycles. The average molecular weight is 452 g/mol. The van der Waals surface area contributed by atoms with E-state index in [-0.39, 0.29) is 0 Å². The first kappa shape index (κ1) is 23.9. The molecule has 31 heavy (non-hydrogen) atoms. The topological polar surface area (TPSA) is 27.7 Å². The first-order valence-electron chi connectivity index (χ1n) is 10.3. The van der Waals surface area contributed by atoms with Crippen LogP contribution in [0.15, 0.2) is 30.8 Å². The zero-order valence-corrected chi connectivity index (χ0v) is 17.1. The summed E-state index contributed by atoms with van der Waals surface area (Å²) in [5.41, 5.74) is 0.986. The van der Waals surface area contributed by atoms with Gasteiger partial charge in [0, 0.05) is 11.5 Å². The second-order valence-electron chi connectivity index (χ2n) is 8.38. The van der Waals surface area contributed by atoms with Crippen LogP contribution in [0.5, 0.6) is 5.75 Å². The lowest BCUT2D eigenvalue weighted by Crippen LogP contribution is -2.47. The minimum atomic E-state index is -6.05. The molecule has 1 aromatic carbocycles. The van der Waals surface area contributed by atoms with E-state index < -0.39 is 30.5 Å². The molecule has 0 spiro atoms. The van der Waals surface area contributed by atoms with Gasteiger partial charge in [-0.15, -0.1) is 0 Å². The maximum atomic E-state index is 13.4. The second-order valence-corrected chi connectivity index (χ2v) is 8.38. The van der Waals surface area contributed by atoms with E-state index in [1.807, 2.05) is 0 Å². The molecule has 1 atom stereocenters. The minimum Gasteiger partial charge on any atom is -0.454 e. The van der Waals surface area contributed by atoms with Crippen molar-refractivity contribution in [3.63, 3.8) is 0 Å². The fourth-order valence-corrected chi connectivity index (χ4v) is 3.95. The summed E-state index contributed by atoms with van der Waals surface area (Å²) in [6.45, 7) is 7.27. The lowest BCUT2D eigenvalue weighted by atomic mass is 9.76. The molecule has 1 heterocycles. The molecule has 1 aliphatic carbocycles. The van der Waals surface area contributed by atoms with Crippen molar-refractivity contribution >= 4 is 5.57 Å². The van der Waals surface area contributed by atoms with Crippen LogP contribution < -0.4 is 4.74 Å². The summed E-state index contributed by atoms with van der Waals surface area (Å²) in [4.78, 5) is 0. The Morgan fingerprint density at radius 1 is 0.968 bits per heavy atom. The maximum Gasteiger partial charge on any atom is 0.460 e. The van der Waals surface area contributed by atoms with Gasteiger partial charge in [-0.2, -0.15) is 26.3 Å². The van der Waals surface area contributed by atoms with E-state index in [0.29, 0.717) is 36.2 Å². The largest absolute Gasteiger partial charge is 0.460 e. The van der Waals surface area contributed by atoms with E-state index in [9.17, 15) is 26.3 Å². The minimum absolute atomic E-state index is 0.323. The number of hydrogen-bond acceptors (Lipinski definition) is 3. The van der Waals surface area contributed by atoms with Crippen LogP contribution in [0.3, 0.4) is 0 Å². The molecule has 3 nitrogen and oxygen atoms in total. The molecule has 0 aromatic heterocycles. The number of rotatable bonds is 6. The summed E-state index contributed by atoms with van der Waals surface area (Å²) in [5.74, 6) is -4.43. The van der Waals surface area contributed by atoms with Crippen LogP contribution in [0.25, 0.3) is 5.57 Å². The zero-order chi connectivity index (χ0) is 22.8. The number of halogens is 6. The first-order chi connectivity index (χ1) is 14.5. The Morgan fingerprint density at radius 2 is 1.52 bits per heavy atom. The normalized spacial score (nSPS) is 28.7. The lowest BCUT2D eigenvalue weighted by molar-refractivity contribution is -0.328. The molecule has 0 N–H and O–H groups in total. The summed E-state index contributed by atoms with van der Waals surface area (Å²) in [7, 11) is 0. The number of benzene rings is 1. The Morgan fingerprint density at radius 3 is 2.03 bits per heavy atom. The van der Waals surface area contributed by atoms with Crippen molar-refractivity contribution in [1.82, 2.24) is 0 Å². The molecule has 0 radical (unpaired) electrons. The summed E-state index contributed by atoms with van der Waals surface area (Å²) in [6, 6.07) is 4.93. The quantitative estimate of drug-likeness (QED) is 0.469. The molecule has 2 fully saturated rings. The van der Waals surface area contributed by atoms with Crippen molar-refractivity contribution in [2.24, 2.45) is 17.8 Å². The lowest BCUT2D eigenvalue weighted by Gasteiger charge is -2.37. The highest BCUT2D eigenvalue weighted by Crippen LogP contribution is 2.40. The van der Waals surface area contributed by atoms with Gasteiger partial charge in [0.05, 0.1) is 13.2 Å². The van der Waals surface area contributed by atoms with Gasteiger partial charge in [0.15, 0.2) is 6.29 Å². The molecule has 0 amide bonds. The molecule has 3 rings (SSSR count). The molecular formula is C22H26F6O3. The van der Waals surface area contributed by atoms with Crippen LogP contribution in [-0.2, 0) is 9.47 Å². The Balaban J connectivity index is 1.53. The van der Waals surface area contributed by atoms with Gasteiger partial charge in [0.25, 0.3) is 0 Å². The fourth-order valence-electron chi connectivity index (χ4n) is 3.95. The van der Waals surface area contributed by atoms with Gasteiger partial charge in [0.2, 0.25) is 0 Å². The Bertz CT molecular complexity index is 733. The highest BCUT2D eigenvalue weighted by atomic mass is 19.4. The van der Waals surface area contributed by atoms with Crippen molar-refractivity contribution in [1.29, 1.82) is 0 Å².